The van der Waals surface area contributed by atoms with Crippen molar-refractivity contribution in [2.24, 2.45) is 0 Å². The van der Waals surface area contributed by atoms with E-state index in [2.05, 4.69) is 33.2 Å². The number of aromatic nitrogens is 3. The lowest BCUT2D eigenvalue weighted by Gasteiger charge is -2.28. The first-order chi connectivity index (χ1) is 12.7. The first-order valence-corrected chi connectivity index (χ1v) is 9.11. The highest BCUT2D eigenvalue weighted by Gasteiger charge is 2.16. The molecule has 0 atom stereocenters. The second-order valence-electron chi connectivity index (χ2n) is 6.76. The molecule has 0 unspecified atom stereocenters. The highest BCUT2D eigenvalue weighted by Crippen LogP contribution is 2.24. The maximum Gasteiger partial charge on any atom is 0.130 e. The van der Waals surface area contributed by atoms with Gasteiger partial charge in [-0.2, -0.15) is 5.10 Å². The number of morpholine rings is 1. The monoisotopic (exact) mass is 352 g/mol. The van der Waals surface area contributed by atoms with Crippen LogP contribution in [0.1, 0.15) is 25.1 Å². The van der Waals surface area contributed by atoms with Gasteiger partial charge in [-0.1, -0.05) is 6.08 Å². The van der Waals surface area contributed by atoms with Crippen LogP contribution >= 0.6 is 0 Å². The van der Waals surface area contributed by atoms with Crippen LogP contribution in [0.4, 0.5) is 5.82 Å². The fraction of sp³-hybridized carbons (Fsp3) is 0.400. The molecule has 1 saturated heterocycles. The normalized spacial score (nSPS) is 17.0. The van der Waals surface area contributed by atoms with Gasteiger partial charge in [0.2, 0.25) is 0 Å². The van der Waals surface area contributed by atoms with E-state index < -0.39 is 0 Å². The standard InChI is InChI=1S/C20H24N4O2/c1-15(2)26-18-5-3-4-16-14-22-24(19(16)13-18)17-6-7-21-20(12-17)23-8-10-25-11-9-23/h3,5-7,12-15H,4,8-11H2,1-2H3. The third kappa shape index (κ3) is 3.51. The van der Waals surface area contributed by atoms with Crippen LogP contribution in [-0.4, -0.2) is 47.2 Å². The molecule has 6 heteroatoms. The Bertz CT molecular complexity index is 832. The summed E-state index contributed by atoms with van der Waals surface area (Å²) in [5.74, 6) is 1.83. The van der Waals surface area contributed by atoms with E-state index in [-0.39, 0.29) is 6.10 Å². The number of allylic oxidation sites excluding steroid dienone is 2. The first kappa shape index (κ1) is 16.8. The fourth-order valence-electron chi connectivity index (χ4n) is 3.24. The van der Waals surface area contributed by atoms with E-state index in [1.54, 1.807) is 0 Å². The zero-order chi connectivity index (χ0) is 17.9. The van der Waals surface area contributed by atoms with Gasteiger partial charge in [-0.3, -0.25) is 0 Å². The number of ether oxygens (including phenoxy) is 2. The van der Waals surface area contributed by atoms with E-state index in [1.807, 2.05) is 43.1 Å². The molecule has 1 fully saturated rings. The van der Waals surface area contributed by atoms with Crippen LogP contribution in [-0.2, 0) is 15.9 Å². The van der Waals surface area contributed by atoms with Crippen molar-refractivity contribution in [2.75, 3.05) is 31.2 Å². The van der Waals surface area contributed by atoms with Crippen LogP contribution in [0.15, 0.2) is 42.4 Å². The maximum absolute atomic E-state index is 5.91. The summed E-state index contributed by atoms with van der Waals surface area (Å²) in [5.41, 5.74) is 3.25. The summed E-state index contributed by atoms with van der Waals surface area (Å²) in [6.07, 6.45) is 11.0. The Kier molecular flexibility index (Phi) is 4.75. The first-order valence-electron chi connectivity index (χ1n) is 9.11. The molecule has 0 spiro atoms. The average Bonchev–Trinajstić information content (AvgIpc) is 2.94. The van der Waals surface area contributed by atoms with Crippen molar-refractivity contribution in [1.82, 2.24) is 14.8 Å². The van der Waals surface area contributed by atoms with Crippen molar-refractivity contribution < 1.29 is 9.47 Å². The van der Waals surface area contributed by atoms with Crippen LogP contribution < -0.4 is 4.90 Å². The molecule has 2 aliphatic rings. The molecule has 2 aromatic rings. The second kappa shape index (κ2) is 7.33. The summed E-state index contributed by atoms with van der Waals surface area (Å²) in [6, 6.07) is 4.08. The van der Waals surface area contributed by atoms with E-state index >= 15 is 0 Å². The van der Waals surface area contributed by atoms with Crippen molar-refractivity contribution in [2.45, 2.75) is 26.4 Å². The largest absolute Gasteiger partial charge is 0.491 e. The summed E-state index contributed by atoms with van der Waals surface area (Å²) in [5, 5.41) is 4.62. The molecular weight excluding hydrogens is 328 g/mol. The second-order valence-corrected chi connectivity index (χ2v) is 6.76. The lowest BCUT2D eigenvalue weighted by molar-refractivity contribution is 0.122. The molecular formula is C20H24N4O2. The number of anilines is 1. The minimum atomic E-state index is 0.137. The Morgan fingerprint density at radius 1 is 1.23 bits per heavy atom. The molecule has 1 aliphatic heterocycles. The molecule has 0 radical (unpaired) electrons. The number of nitrogens with zero attached hydrogens (tertiary/aromatic N) is 4. The Morgan fingerprint density at radius 3 is 2.88 bits per heavy atom. The van der Waals surface area contributed by atoms with Crippen molar-refractivity contribution >= 4 is 11.9 Å². The molecule has 3 heterocycles. The van der Waals surface area contributed by atoms with Gasteiger partial charge < -0.3 is 14.4 Å². The third-order valence-electron chi connectivity index (χ3n) is 4.47. The van der Waals surface area contributed by atoms with E-state index in [4.69, 9.17) is 9.47 Å². The summed E-state index contributed by atoms with van der Waals surface area (Å²) < 4.78 is 13.3. The van der Waals surface area contributed by atoms with Crippen molar-refractivity contribution in [3.05, 3.63) is 53.7 Å². The third-order valence-corrected chi connectivity index (χ3v) is 4.47. The zero-order valence-corrected chi connectivity index (χ0v) is 15.3. The van der Waals surface area contributed by atoms with E-state index in [9.17, 15) is 0 Å². The van der Waals surface area contributed by atoms with Crippen LogP contribution in [0.5, 0.6) is 0 Å². The number of rotatable bonds is 4. The van der Waals surface area contributed by atoms with Crippen LogP contribution in [0.3, 0.4) is 0 Å². The SMILES string of the molecule is CC(C)OC1=Cc2c(cnn2-c2ccnc(N3CCOCC3)c2)CC=C1. The van der Waals surface area contributed by atoms with Gasteiger partial charge in [-0.15, -0.1) is 0 Å². The lowest BCUT2D eigenvalue weighted by atomic mass is 10.2. The van der Waals surface area contributed by atoms with Crippen molar-refractivity contribution in [1.29, 1.82) is 0 Å². The van der Waals surface area contributed by atoms with Gasteiger partial charge in [0, 0.05) is 37.0 Å². The number of hydrogen-bond acceptors (Lipinski definition) is 5. The molecule has 0 saturated carbocycles. The Labute approximate surface area is 153 Å². The van der Waals surface area contributed by atoms with Crippen LogP contribution in [0, 0.1) is 0 Å². The quantitative estimate of drug-likeness (QED) is 0.847. The predicted molar refractivity (Wildman–Crippen MR) is 101 cm³/mol. The highest BCUT2D eigenvalue weighted by atomic mass is 16.5. The van der Waals surface area contributed by atoms with Crippen LogP contribution in [0.2, 0.25) is 0 Å². The molecule has 2 aromatic heterocycles. The van der Waals surface area contributed by atoms with Gasteiger partial charge in [0.1, 0.15) is 11.6 Å². The van der Waals surface area contributed by atoms with Crippen LogP contribution in [0.25, 0.3) is 11.8 Å². The molecule has 0 N–H and O–H groups in total. The van der Waals surface area contributed by atoms with E-state index in [0.717, 1.165) is 55.7 Å². The minimum Gasteiger partial charge on any atom is -0.491 e. The Hall–Kier alpha value is -2.60. The van der Waals surface area contributed by atoms with Gasteiger partial charge >= 0.3 is 0 Å². The predicted octanol–water partition coefficient (Wildman–Crippen LogP) is 2.98. The molecule has 6 nitrogen and oxygen atoms in total. The highest BCUT2D eigenvalue weighted by molar-refractivity contribution is 5.60. The summed E-state index contributed by atoms with van der Waals surface area (Å²) >= 11 is 0. The van der Waals surface area contributed by atoms with Crippen molar-refractivity contribution in [3.63, 3.8) is 0 Å². The molecule has 136 valence electrons. The maximum atomic E-state index is 5.91. The fourth-order valence-corrected chi connectivity index (χ4v) is 3.24. The van der Waals surface area contributed by atoms with Gasteiger partial charge in [0.15, 0.2) is 0 Å². The Balaban J connectivity index is 1.69. The smallest absolute Gasteiger partial charge is 0.130 e. The molecule has 0 aromatic carbocycles. The van der Waals surface area contributed by atoms with Crippen molar-refractivity contribution in [3.8, 4) is 5.69 Å². The summed E-state index contributed by atoms with van der Waals surface area (Å²) in [6.45, 7) is 7.29. The van der Waals surface area contributed by atoms with Gasteiger partial charge in [-0.05, 0) is 32.4 Å². The lowest BCUT2D eigenvalue weighted by Crippen LogP contribution is -2.36. The zero-order valence-electron chi connectivity index (χ0n) is 15.3. The summed E-state index contributed by atoms with van der Waals surface area (Å²) in [4.78, 5) is 6.78. The summed E-state index contributed by atoms with van der Waals surface area (Å²) in [7, 11) is 0. The molecule has 0 amide bonds. The molecule has 4 rings (SSSR count). The molecule has 26 heavy (non-hydrogen) atoms. The molecule has 0 bridgehead atoms. The van der Waals surface area contributed by atoms with E-state index in [1.165, 1.54) is 5.56 Å². The molecule has 1 aliphatic carbocycles. The van der Waals surface area contributed by atoms with Gasteiger partial charge in [-0.25, -0.2) is 9.67 Å². The average molecular weight is 352 g/mol. The number of hydrogen-bond donors (Lipinski definition) is 0. The topological polar surface area (TPSA) is 52.4 Å². The number of pyridine rings is 1. The number of fused-ring (bicyclic) bond motifs is 1. The van der Waals surface area contributed by atoms with E-state index in [0.29, 0.717) is 0 Å². The minimum absolute atomic E-state index is 0.137. The van der Waals surface area contributed by atoms with Gasteiger partial charge in [0.25, 0.3) is 0 Å². The Morgan fingerprint density at radius 2 is 2.08 bits per heavy atom. The van der Waals surface area contributed by atoms with Gasteiger partial charge in [0.05, 0.1) is 36.9 Å².